The van der Waals surface area contributed by atoms with Crippen molar-refractivity contribution in [3.63, 3.8) is 0 Å². The highest BCUT2D eigenvalue weighted by Crippen LogP contribution is 2.26. The lowest BCUT2D eigenvalue weighted by atomic mass is 9.95. The summed E-state index contributed by atoms with van der Waals surface area (Å²) < 4.78 is 5.08. The number of fused-ring (bicyclic) bond motifs is 1. The molecule has 0 spiro atoms. The van der Waals surface area contributed by atoms with E-state index in [1.807, 2.05) is 6.20 Å². The average molecular weight is 312 g/mol. The first kappa shape index (κ1) is 15.4. The predicted molar refractivity (Wildman–Crippen MR) is 85.1 cm³/mol. The standard InChI is InChI=1S/C17H20N4O2/c1-17(2,3)16-19-8-12-9-21(10-13(12)20-16)15(22)11-5-6-18-14(7-11)23-4/h5-8H,9-10H2,1-4H3. The summed E-state index contributed by atoms with van der Waals surface area (Å²) in [6, 6.07) is 3.34. The first-order valence-corrected chi connectivity index (χ1v) is 7.53. The van der Waals surface area contributed by atoms with Crippen molar-refractivity contribution in [1.82, 2.24) is 19.9 Å². The fourth-order valence-electron chi connectivity index (χ4n) is 2.49. The van der Waals surface area contributed by atoms with Gasteiger partial charge in [0.05, 0.1) is 19.3 Å². The third-order valence-corrected chi connectivity index (χ3v) is 3.81. The molecule has 0 saturated carbocycles. The van der Waals surface area contributed by atoms with Crippen molar-refractivity contribution in [3.8, 4) is 5.88 Å². The minimum absolute atomic E-state index is 0.0546. The summed E-state index contributed by atoms with van der Waals surface area (Å²) in [7, 11) is 1.53. The first-order valence-electron chi connectivity index (χ1n) is 7.53. The van der Waals surface area contributed by atoms with E-state index in [1.165, 1.54) is 7.11 Å². The predicted octanol–water partition coefficient (Wildman–Crippen LogP) is 2.33. The molecule has 6 heteroatoms. The van der Waals surface area contributed by atoms with E-state index in [1.54, 1.807) is 23.2 Å². The van der Waals surface area contributed by atoms with Gasteiger partial charge in [-0.25, -0.2) is 15.0 Å². The van der Waals surface area contributed by atoms with E-state index in [-0.39, 0.29) is 11.3 Å². The molecule has 3 rings (SSSR count). The van der Waals surface area contributed by atoms with E-state index in [9.17, 15) is 4.79 Å². The molecule has 1 amide bonds. The number of ether oxygens (including phenoxy) is 1. The number of amides is 1. The summed E-state index contributed by atoms with van der Waals surface area (Å²) in [6.45, 7) is 7.27. The van der Waals surface area contributed by atoms with Crippen molar-refractivity contribution in [2.75, 3.05) is 7.11 Å². The zero-order valence-corrected chi connectivity index (χ0v) is 13.8. The molecule has 0 fully saturated rings. The van der Waals surface area contributed by atoms with Crippen LogP contribution >= 0.6 is 0 Å². The quantitative estimate of drug-likeness (QED) is 0.851. The SMILES string of the molecule is COc1cc(C(=O)N2Cc3cnc(C(C)(C)C)nc3C2)ccn1. The molecule has 3 heterocycles. The molecule has 0 saturated heterocycles. The molecule has 2 aromatic heterocycles. The Morgan fingerprint density at radius 1 is 1.26 bits per heavy atom. The minimum Gasteiger partial charge on any atom is -0.481 e. The van der Waals surface area contributed by atoms with Gasteiger partial charge in [-0.15, -0.1) is 0 Å². The Morgan fingerprint density at radius 2 is 2.04 bits per heavy atom. The van der Waals surface area contributed by atoms with Crippen LogP contribution in [0.15, 0.2) is 24.5 Å². The van der Waals surface area contributed by atoms with Gasteiger partial charge in [-0.2, -0.15) is 0 Å². The number of methoxy groups -OCH3 is 1. The maximum Gasteiger partial charge on any atom is 0.254 e. The van der Waals surface area contributed by atoms with Gasteiger partial charge in [-0.3, -0.25) is 4.79 Å². The normalized spacial score (nSPS) is 13.8. The number of carbonyl (C=O) groups excluding carboxylic acids is 1. The summed E-state index contributed by atoms with van der Waals surface area (Å²) >= 11 is 0. The zero-order chi connectivity index (χ0) is 16.6. The molecular weight excluding hydrogens is 292 g/mol. The van der Waals surface area contributed by atoms with Crippen LogP contribution in [0.25, 0.3) is 0 Å². The van der Waals surface area contributed by atoms with E-state index < -0.39 is 0 Å². The maximum atomic E-state index is 12.7. The molecule has 0 aliphatic carbocycles. The Bertz CT molecular complexity index is 752. The first-order chi connectivity index (χ1) is 10.9. The number of pyridine rings is 1. The van der Waals surface area contributed by atoms with Gasteiger partial charge >= 0.3 is 0 Å². The Morgan fingerprint density at radius 3 is 2.74 bits per heavy atom. The van der Waals surface area contributed by atoms with E-state index >= 15 is 0 Å². The van der Waals surface area contributed by atoms with Crippen LogP contribution in [0.5, 0.6) is 5.88 Å². The van der Waals surface area contributed by atoms with E-state index in [4.69, 9.17) is 4.74 Å². The van der Waals surface area contributed by atoms with Crippen molar-refractivity contribution in [3.05, 3.63) is 47.2 Å². The minimum atomic E-state index is -0.106. The zero-order valence-electron chi connectivity index (χ0n) is 13.8. The molecule has 0 bridgehead atoms. The van der Waals surface area contributed by atoms with Crippen molar-refractivity contribution in [2.45, 2.75) is 39.3 Å². The van der Waals surface area contributed by atoms with Crippen molar-refractivity contribution < 1.29 is 9.53 Å². The fourth-order valence-corrected chi connectivity index (χ4v) is 2.49. The molecule has 0 aromatic carbocycles. The smallest absolute Gasteiger partial charge is 0.254 e. The summed E-state index contributed by atoms with van der Waals surface area (Å²) in [4.78, 5) is 27.5. The van der Waals surface area contributed by atoms with Crippen LogP contribution in [0.4, 0.5) is 0 Å². The van der Waals surface area contributed by atoms with Gasteiger partial charge in [-0.05, 0) is 6.07 Å². The molecule has 0 N–H and O–H groups in total. The second-order valence-electron chi connectivity index (χ2n) is 6.66. The molecular formula is C17H20N4O2. The van der Waals surface area contributed by atoms with Crippen LogP contribution in [0, 0.1) is 0 Å². The summed E-state index contributed by atoms with van der Waals surface area (Å²) in [5.41, 5.74) is 2.39. The largest absolute Gasteiger partial charge is 0.481 e. The maximum absolute atomic E-state index is 12.7. The summed E-state index contributed by atoms with van der Waals surface area (Å²) in [6.07, 6.45) is 3.41. The van der Waals surface area contributed by atoms with Gasteiger partial charge in [0.25, 0.3) is 5.91 Å². The van der Waals surface area contributed by atoms with E-state index in [0.29, 0.717) is 24.5 Å². The highest BCUT2D eigenvalue weighted by atomic mass is 16.5. The fraction of sp³-hybridized carbons (Fsp3) is 0.412. The second-order valence-corrected chi connectivity index (χ2v) is 6.66. The molecule has 120 valence electrons. The lowest BCUT2D eigenvalue weighted by Crippen LogP contribution is -2.25. The van der Waals surface area contributed by atoms with Gasteiger partial charge in [0.2, 0.25) is 5.88 Å². The molecule has 6 nitrogen and oxygen atoms in total. The Balaban J connectivity index is 1.82. The van der Waals surface area contributed by atoms with Gasteiger partial charge in [-0.1, -0.05) is 20.8 Å². The Hall–Kier alpha value is -2.50. The van der Waals surface area contributed by atoms with Gasteiger partial charge < -0.3 is 9.64 Å². The summed E-state index contributed by atoms with van der Waals surface area (Å²) in [5.74, 6) is 1.18. The molecule has 2 aromatic rings. The molecule has 0 atom stereocenters. The van der Waals surface area contributed by atoms with Crippen LogP contribution < -0.4 is 4.74 Å². The number of rotatable bonds is 2. The average Bonchev–Trinajstić information content (AvgIpc) is 2.96. The Labute approximate surface area is 135 Å². The molecule has 23 heavy (non-hydrogen) atoms. The lowest BCUT2D eigenvalue weighted by Gasteiger charge is -2.16. The number of aromatic nitrogens is 3. The second kappa shape index (κ2) is 5.61. The van der Waals surface area contributed by atoms with Crippen LogP contribution in [-0.2, 0) is 18.5 Å². The molecule has 0 radical (unpaired) electrons. The highest BCUT2D eigenvalue weighted by Gasteiger charge is 2.28. The highest BCUT2D eigenvalue weighted by molar-refractivity contribution is 5.94. The topological polar surface area (TPSA) is 68.2 Å². The van der Waals surface area contributed by atoms with Gasteiger partial charge in [0.15, 0.2) is 0 Å². The van der Waals surface area contributed by atoms with Crippen molar-refractivity contribution >= 4 is 5.91 Å². The Kier molecular flexibility index (Phi) is 3.75. The van der Waals surface area contributed by atoms with Crippen LogP contribution in [0.2, 0.25) is 0 Å². The number of carbonyl (C=O) groups is 1. The van der Waals surface area contributed by atoms with Crippen LogP contribution in [-0.4, -0.2) is 32.9 Å². The van der Waals surface area contributed by atoms with Crippen LogP contribution in [0.3, 0.4) is 0 Å². The molecule has 1 aliphatic heterocycles. The van der Waals surface area contributed by atoms with Crippen molar-refractivity contribution in [1.29, 1.82) is 0 Å². The third-order valence-electron chi connectivity index (χ3n) is 3.81. The molecule has 1 aliphatic rings. The van der Waals surface area contributed by atoms with Gasteiger partial charge in [0.1, 0.15) is 5.82 Å². The number of hydrogen-bond donors (Lipinski definition) is 0. The molecule has 0 unspecified atom stereocenters. The lowest BCUT2D eigenvalue weighted by molar-refractivity contribution is 0.0750. The monoisotopic (exact) mass is 312 g/mol. The number of hydrogen-bond acceptors (Lipinski definition) is 5. The van der Waals surface area contributed by atoms with E-state index in [0.717, 1.165) is 17.1 Å². The third kappa shape index (κ3) is 3.02. The summed E-state index contributed by atoms with van der Waals surface area (Å²) in [5, 5.41) is 0. The van der Waals surface area contributed by atoms with E-state index in [2.05, 4.69) is 35.7 Å². The van der Waals surface area contributed by atoms with Gasteiger partial charge in [0, 0.05) is 41.5 Å². The van der Waals surface area contributed by atoms with Crippen LogP contribution in [0.1, 0.15) is 48.2 Å². The number of nitrogens with zero attached hydrogens (tertiary/aromatic N) is 4. The van der Waals surface area contributed by atoms with Crippen molar-refractivity contribution in [2.24, 2.45) is 0 Å².